The highest BCUT2D eigenvalue weighted by Crippen LogP contribution is 2.41. The molecule has 0 radical (unpaired) electrons. The van der Waals surface area contributed by atoms with Crippen LogP contribution in [0.4, 0.5) is 105 Å². The zero-order valence-corrected chi connectivity index (χ0v) is 37.7. The molecule has 7 aromatic rings. The molecular formula is C49H28BF24NO. The number of pyridine rings is 1. The first kappa shape index (κ1) is 58.2. The van der Waals surface area contributed by atoms with E-state index >= 15 is 0 Å². The van der Waals surface area contributed by atoms with E-state index in [4.69, 9.17) is 4.84 Å². The van der Waals surface area contributed by atoms with Gasteiger partial charge >= 0.3 is 49.4 Å². The summed E-state index contributed by atoms with van der Waals surface area (Å²) in [5.41, 5.74) is -26.7. The third-order valence-electron chi connectivity index (χ3n) is 11.9. The van der Waals surface area contributed by atoms with Crippen molar-refractivity contribution < 1.29 is 115 Å². The molecule has 6 aromatic carbocycles. The largest absolute Gasteiger partial charge is 0.416 e. The zero-order valence-electron chi connectivity index (χ0n) is 37.7. The highest BCUT2D eigenvalue weighted by molar-refractivity contribution is 7.20. The standard InChI is InChI=1S/C32H12BF24.C17H16NO/c34-25(35,36)13-1-14(26(37,38)39)6-21(5-13)33(22-7-15(27(40,41)42)2-16(8-22)28(43,44)45,23-9-17(29(46,47)48)3-18(10-23)30(49,50)51)24-11-19(31(52,53)54)4-20(12-24)32(55,56)57;1-13-7-5-11-17(14(13)2)19-18-12-6-9-15-8-3-4-10-16(15)18/h1-12H;3-12H,1-2H3/q-1;+1. The van der Waals surface area contributed by atoms with Gasteiger partial charge in [-0.05, 0) is 61.9 Å². The molecule has 0 N–H and O–H groups in total. The van der Waals surface area contributed by atoms with E-state index in [-0.39, 0.29) is 0 Å². The second kappa shape index (κ2) is 19.8. The summed E-state index contributed by atoms with van der Waals surface area (Å²) >= 11 is 0. The molecule has 0 fully saturated rings. The van der Waals surface area contributed by atoms with Gasteiger partial charge in [0.25, 0.3) is 5.52 Å². The van der Waals surface area contributed by atoms with Crippen molar-refractivity contribution in [1.82, 2.24) is 0 Å². The van der Waals surface area contributed by atoms with Gasteiger partial charge in [0.1, 0.15) is 6.15 Å². The Hall–Kier alpha value is -7.09. The second-order valence-corrected chi connectivity index (χ2v) is 16.9. The third kappa shape index (κ3) is 12.6. The smallest absolute Gasteiger partial charge is 0.231 e. The Bertz CT molecular complexity index is 2820. The molecule has 0 saturated heterocycles. The first-order valence-corrected chi connectivity index (χ1v) is 21.0. The topological polar surface area (TPSA) is 13.1 Å². The van der Waals surface area contributed by atoms with E-state index in [0.717, 1.165) is 16.7 Å². The van der Waals surface area contributed by atoms with E-state index < -0.39 is 195 Å². The lowest BCUT2D eigenvalue weighted by Crippen LogP contribution is -2.75. The molecular weight excluding hydrogens is 1090 g/mol. The summed E-state index contributed by atoms with van der Waals surface area (Å²) in [5, 5.41) is 1.16. The maximum absolute atomic E-state index is 14.2. The number of halogens is 24. The average Bonchev–Trinajstić information content (AvgIpc) is 3.28. The SMILES string of the molecule is Cc1cccc(O[n+]2cccc3ccccc32)c1C.FC(F)(F)c1cc([B-](c2cc(C(F)(F)F)cc(C(F)(F)F)c2)(c2cc(C(F)(F)F)cc(C(F)(F)F)c2)c2cc(C(F)(F)F)cc(C(F)(F)F)c2)cc(C(F)(F)F)c1. The van der Waals surface area contributed by atoms with Crippen LogP contribution in [0.5, 0.6) is 5.75 Å². The normalized spacial score (nSPS) is 13.4. The number of hydrogen-bond acceptors (Lipinski definition) is 1. The van der Waals surface area contributed by atoms with Gasteiger partial charge in [-0.25, -0.2) is 4.84 Å². The molecule has 0 spiro atoms. The van der Waals surface area contributed by atoms with Gasteiger partial charge in [-0.2, -0.15) is 127 Å². The first-order valence-electron chi connectivity index (χ1n) is 21.0. The van der Waals surface area contributed by atoms with E-state index in [0.29, 0.717) is 0 Å². The molecule has 0 amide bonds. The maximum Gasteiger partial charge on any atom is 0.416 e. The maximum atomic E-state index is 14.2. The number of aromatic nitrogens is 1. The summed E-state index contributed by atoms with van der Waals surface area (Å²) < 4.78 is 343. The van der Waals surface area contributed by atoms with Crippen LogP contribution in [0.2, 0.25) is 0 Å². The highest BCUT2D eigenvalue weighted by atomic mass is 19.4. The summed E-state index contributed by atoms with van der Waals surface area (Å²) in [4.78, 5) is 6.02. The second-order valence-electron chi connectivity index (χ2n) is 16.9. The van der Waals surface area contributed by atoms with Gasteiger partial charge in [-0.3, -0.25) is 0 Å². The van der Waals surface area contributed by atoms with Crippen molar-refractivity contribution in [3.8, 4) is 5.75 Å². The van der Waals surface area contributed by atoms with Crippen molar-refractivity contribution in [1.29, 1.82) is 0 Å². The minimum atomic E-state index is -6.13. The zero-order chi connectivity index (χ0) is 57.2. The van der Waals surface area contributed by atoms with Crippen LogP contribution >= 0.6 is 0 Å². The van der Waals surface area contributed by atoms with Crippen molar-refractivity contribution in [2.45, 2.75) is 63.3 Å². The molecule has 76 heavy (non-hydrogen) atoms. The summed E-state index contributed by atoms with van der Waals surface area (Å²) in [6.45, 7) is 4.17. The molecule has 406 valence electrons. The molecule has 0 bridgehead atoms. The van der Waals surface area contributed by atoms with Gasteiger partial charge < -0.3 is 0 Å². The van der Waals surface area contributed by atoms with Gasteiger partial charge in [0.05, 0.1) is 49.9 Å². The van der Waals surface area contributed by atoms with Crippen LogP contribution in [0.3, 0.4) is 0 Å². The Kier molecular flexibility index (Phi) is 15.2. The number of hydrogen-bond donors (Lipinski definition) is 0. The quantitative estimate of drug-likeness (QED) is 0.0919. The molecule has 7 rings (SSSR count). The van der Waals surface area contributed by atoms with Gasteiger partial charge in [0.15, 0.2) is 0 Å². The minimum Gasteiger partial charge on any atom is -0.231 e. The van der Waals surface area contributed by atoms with E-state index in [1.165, 1.54) is 11.1 Å². The van der Waals surface area contributed by atoms with Crippen molar-refractivity contribution in [3.05, 3.63) is 189 Å². The van der Waals surface area contributed by atoms with Gasteiger partial charge in [-0.1, -0.05) is 72.8 Å². The van der Waals surface area contributed by atoms with Crippen LogP contribution in [0.15, 0.2) is 134 Å². The fraction of sp³-hybridized carbons (Fsp3) is 0.204. The molecule has 0 unspecified atom stereocenters. The Morgan fingerprint density at radius 1 is 0.329 bits per heavy atom. The van der Waals surface area contributed by atoms with Crippen molar-refractivity contribution >= 4 is 38.9 Å². The summed E-state index contributed by atoms with van der Waals surface area (Å²) in [6, 6.07) is 9.56. The Morgan fingerprint density at radius 3 is 0.895 bits per heavy atom. The Labute approximate surface area is 411 Å². The van der Waals surface area contributed by atoms with Gasteiger partial charge in [0, 0.05) is 22.4 Å². The van der Waals surface area contributed by atoms with Crippen LogP contribution in [0.25, 0.3) is 10.9 Å². The molecule has 0 saturated carbocycles. The van der Waals surface area contributed by atoms with E-state index in [9.17, 15) is 105 Å². The molecule has 1 aromatic heterocycles. The lowest BCUT2D eigenvalue weighted by Gasteiger charge is -2.46. The molecule has 2 nitrogen and oxygen atoms in total. The van der Waals surface area contributed by atoms with E-state index in [1.54, 1.807) is 0 Å². The first-order chi connectivity index (χ1) is 34.5. The summed E-state index contributed by atoms with van der Waals surface area (Å²) in [6.07, 6.45) is -52.9. The van der Waals surface area contributed by atoms with Crippen molar-refractivity contribution in [2.24, 2.45) is 0 Å². The number of aryl methyl sites for hydroxylation is 1. The lowest BCUT2D eigenvalue weighted by molar-refractivity contribution is -0.854. The molecule has 1 heterocycles. The molecule has 0 aliphatic carbocycles. The number of benzene rings is 6. The van der Waals surface area contributed by atoms with Gasteiger partial charge in [0.2, 0.25) is 11.9 Å². The monoisotopic (exact) mass is 1110 g/mol. The van der Waals surface area contributed by atoms with Crippen LogP contribution in [-0.2, 0) is 49.4 Å². The summed E-state index contributed by atoms with van der Waals surface area (Å²) in [7, 11) is 0. The van der Waals surface area contributed by atoms with Crippen LogP contribution < -0.4 is 31.4 Å². The minimum absolute atomic E-state index is 0.691. The lowest BCUT2D eigenvalue weighted by atomic mass is 9.12. The van der Waals surface area contributed by atoms with Crippen LogP contribution in [0.1, 0.15) is 55.6 Å². The van der Waals surface area contributed by atoms with Crippen molar-refractivity contribution in [3.63, 3.8) is 0 Å². The van der Waals surface area contributed by atoms with Crippen molar-refractivity contribution in [2.75, 3.05) is 0 Å². The van der Waals surface area contributed by atoms with Crippen LogP contribution in [0, 0.1) is 13.8 Å². The predicted molar refractivity (Wildman–Crippen MR) is 226 cm³/mol. The molecule has 27 heteroatoms. The molecule has 0 aliphatic heterocycles. The van der Waals surface area contributed by atoms with E-state index in [2.05, 4.69) is 38.1 Å². The number of para-hydroxylation sites is 1. The Balaban J connectivity index is 0.000000408. The summed E-state index contributed by atoms with van der Waals surface area (Å²) in [5.74, 6) is 0.890. The predicted octanol–water partition coefficient (Wildman–Crippen LogP) is 14.8. The molecule has 0 atom stereocenters. The number of fused-ring (bicyclic) bond motifs is 1. The average molecular weight is 1110 g/mol. The Morgan fingerprint density at radius 2 is 0.605 bits per heavy atom. The fourth-order valence-electron chi connectivity index (χ4n) is 8.21. The number of nitrogens with zero attached hydrogens (tertiary/aromatic N) is 1. The number of alkyl halides is 24. The highest BCUT2D eigenvalue weighted by Gasteiger charge is 2.47. The molecule has 0 aliphatic rings. The third-order valence-corrected chi connectivity index (χ3v) is 11.9. The van der Waals surface area contributed by atoms with E-state index in [1.807, 2.05) is 41.3 Å². The van der Waals surface area contributed by atoms with Crippen LogP contribution in [-0.4, -0.2) is 6.15 Å². The fourth-order valence-corrected chi connectivity index (χ4v) is 8.21. The number of rotatable bonds is 6. The van der Waals surface area contributed by atoms with Gasteiger partial charge in [-0.15, -0.1) is 0 Å².